The fourth-order valence-electron chi connectivity index (χ4n) is 2.52. The van der Waals surface area contributed by atoms with Crippen LogP contribution in [0.2, 0.25) is 0 Å². The first kappa shape index (κ1) is 14.6. The van der Waals surface area contributed by atoms with Crippen LogP contribution in [0.25, 0.3) is 0 Å². The Balaban J connectivity index is 1.65. The Morgan fingerprint density at radius 2 is 2.27 bits per heavy atom. The summed E-state index contributed by atoms with van der Waals surface area (Å²) in [6.07, 6.45) is 8.09. The first-order chi connectivity index (χ1) is 10.8. The molecule has 1 fully saturated rings. The minimum Gasteiger partial charge on any atom is -0.318 e. The molecule has 116 valence electrons. The Bertz CT molecular complexity index is 630. The number of carbonyl (C=O) groups is 1. The van der Waals surface area contributed by atoms with E-state index in [2.05, 4.69) is 25.7 Å². The number of nitrogens with zero attached hydrogens (tertiary/aromatic N) is 4. The fourth-order valence-corrected chi connectivity index (χ4v) is 2.52. The van der Waals surface area contributed by atoms with E-state index in [0.29, 0.717) is 17.4 Å². The van der Waals surface area contributed by atoms with Crippen LogP contribution in [0.15, 0.2) is 24.7 Å². The molecule has 2 aromatic heterocycles. The van der Waals surface area contributed by atoms with Crippen LogP contribution in [-0.2, 0) is 6.42 Å². The first-order valence-electron chi connectivity index (χ1n) is 7.64. The molecule has 1 aliphatic rings. The zero-order valence-electron chi connectivity index (χ0n) is 12.6. The third-order valence-corrected chi connectivity index (χ3v) is 3.77. The standard InChI is InChI=1S/C15H20N6O/c1-2-14-17-8-11(9-18-14)19-15(22)13-5-7-21(20-13)12-4-3-6-16-10-12/h5,7-9,12,16H,2-4,6,10H2,1H3,(H,19,22). The average molecular weight is 300 g/mol. The Morgan fingerprint density at radius 1 is 1.45 bits per heavy atom. The molecule has 1 aliphatic heterocycles. The van der Waals surface area contributed by atoms with Crippen LogP contribution in [0.1, 0.15) is 42.1 Å². The summed E-state index contributed by atoms with van der Waals surface area (Å²) < 4.78 is 1.87. The molecule has 0 bridgehead atoms. The van der Waals surface area contributed by atoms with Crippen LogP contribution in [-0.4, -0.2) is 38.7 Å². The molecule has 0 aromatic carbocycles. The van der Waals surface area contributed by atoms with Gasteiger partial charge in [0, 0.05) is 19.2 Å². The molecule has 2 N–H and O–H groups in total. The lowest BCUT2D eigenvalue weighted by Crippen LogP contribution is -2.32. The molecule has 7 heteroatoms. The van der Waals surface area contributed by atoms with Crippen LogP contribution in [0.5, 0.6) is 0 Å². The summed E-state index contributed by atoms with van der Waals surface area (Å²) in [4.78, 5) is 20.5. The molecule has 1 atom stereocenters. The van der Waals surface area contributed by atoms with Crippen LogP contribution < -0.4 is 10.6 Å². The van der Waals surface area contributed by atoms with Gasteiger partial charge in [0.25, 0.3) is 5.91 Å². The van der Waals surface area contributed by atoms with Crippen LogP contribution >= 0.6 is 0 Å². The maximum Gasteiger partial charge on any atom is 0.276 e. The van der Waals surface area contributed by atoms with Crippen molar-refractivity contribution in [2.24, 2.45) is 0 Å². The van der Waals surface area contributed by atoms with Gasteiger partial charge < -0.3 is 10.6 Å². The molecule has 0 radical (unpaired) electrons. The summed E-state index contributed by atoms with van der Waals surface area (Å²) in [7, 11) is 0. The van der Waals surface area contributed by atoms with Crippen molar-refractivity contribution in [3.05, 3.63) is 36.2 Å². The summed E-state index contributed by atoms with van der Waals surface area (Å²) in [6, 6.07) is 2.06. The number of aryl methyl sites for hydroxylation is 1. The van der Waals surface area contributed by atoms with Gasteiger partial charge in [-0.1, -0.05) is 6.92 Å². The van der Waals surface area contributed by atoms with E-state index < -0.39 is 0 Å². The van der Waals surface area contributed by atoms with E-state index in [1.165, 1.54) is 0 Å². The predicted molar refractivity (Wildman–Crippen MR) is 82.7 cm³/mol. The van der Waals surface area contributed by atoms with Gasteiger partial charge in [-0.15, -0.1) is 0 Å². The number of piperidine rings is 1. The Morgan fingerprint density at radius 3 is 2.95 bits per heavy atom. The summed E-state index contributed by atoms with van der Waals surface area (Å²) in [5.74, 6) is 0.516. The van der Waals surface area contributed by atoms with E-state index in [0.717, 1.165) is 38.2 Å². The van der Waals surface area contributed by atoms with Crippen LogP contribution in [0.4, 0.5) is 5.69 Å². The van der Waals surface area contributed by atoms with Gasteiger partial charge in [0.05, 0.1) is 24.1 Å². The summed E-state index contributed by atoms with van der Waals surface area (Å²) in [5, 5.41) is 10.5. The van der Waals surface area contributed by atoms with E-state index in [1.54, 1.807) is 18.5 Å². The highest BCUT2D eigenvalue weighted by Crippen LogP contribution is 2.16. The third kappa shape index (κ3) is 3.30. The van der Waals surface area contributed by atoms with Crippen molar-refractivity contribution in [3.63, 3.8) is 0 Å². The number of aromatic nitrogens is 4. The number of hydrogen-bond acceptors (Lipinski definition) is 5. The van der Waals surface area contributed by atoms with Crippen molar-refractivity contribution in [1.29, 1.82) is 0 Å². The minimum absolute atomic E-state index is 0.240. The summed E-state index contributed by atoms with van der Waals surface area (Å²) in [6.45, 7) is 3.94. The lowest BCUT2D eigenvalue weighted by Gasteiger charge is -2.22. The molecule has 3 rings (SSSR count). The molecule has 1 amide bonds. The Kier molecular flexibility index (Phi) is 4.43. The normalized spacial score (nSPS) is 18.1. The van der Waals surface area contributed by atoms with Gasteiger partial charge in [0.1, 0.15) is 5.82 Å². The second-order valence-electron chi connectivity index (χ2n) is 5.38. The highest BCUT2D eigenvalue weighted by Gasteiger charge is 2.17. The van der Waals surface area contributed by atoms with Crippen molar-refractivity contribution in [2.75, 3.05) is 18.4 Å². The topological polar surface area (TPSA) is 84.7 Å². The average Bonchev–Trinajstić information content (AvgIpc) is 3.06. The largest absolute Gasteiger partial charge is 0.318 e. The van der Waals surface area contributed by atoms with Crippen molar-refractivity contribution >= 4 is 11.6 Å². The van der Waals surface area contributed by atoms with Gasteiger partial charge in [0.2, 0.25) is 0 Å². The van der Waals surface area contributed by atoms with Gasteiger partial charge in [-0.05, 0) is 25.5 Å². The van der Waals surface area contributed by atoms with E-state index >= 15 is 0 Å². The van der Waals surface area contributed by atoms with E-state index in [1.807, 2.05) is 17.8 Å². The van der Waals surface area contributed by atoms with Crippen molar-refractivity contribution in [2.45, 2.75) is 32.2 Å². The summed E-state index contributed by atoms with van der Waals surface area (Å²) >= 11 is 0. The number of amides is 1. The van der Waals surface area contributed by atoms with Gasteiger partial charge in [-0.3, -0.25) is 9.48 Å². The number of rotatable bonds is 4. The number of nitrogens with one attached hydrogen (secondary N) is 2. The van der Waals surface area contributed by atoms with Gasteiger partial charge in [-0.25, -0.2) is 9.97 Å². The number of anilines is 1. The van der Waals surface area contributed by atoms with Crippen molar-refractivity contribution in [3.8, 4) is 0 Å². The third-order valence-electron chi connectivity index (χ3n) is 3.77. The predicted octanol–water partition coefficient (Wildman–Crippen LogP) is 1.41. The molecular formula is C15H20N6O. The van der Waals surface area contributed by atoms with Crippen molar-refractivity contribution in [1.82, 2.24) is 25.1 Å². The molecule has 3 heterocycles. The molecule has 1 unspecified atom stereocenters. The quantitative estimate of drug-likeness (QED) is 0.892. The molecule has 0 aliphatic carbocycles. The van der Waals surface area contributed by atoms with Crippen molar-refractivity contribution < 1.29 is 4.79 Å². The van der Waals surface area contributed by atoms with E-state index in [9.17, 15) is 4.79 Å². The molecule has 22 heavy (non-hydrogen) atoms. The Labute approximate surface area is 129 Å². The lowest BCUT2D eigenvalue weighted by atomic mass is 10.1. The van der Waals surface area contributed by atoms with Crippen LogP contribution in [0, 0.1) is 0 Å². The maximum absolute atomic E-state index is 12.2. The lowest BCUT2D eigenvalue weighted by molar-refractivity contribution is 0.102. The zero-order chi connectivity index (χ0) is 15.4. The second kappa shape index (κ2) is 6.65. The second-order valence-corrected chi connectivity index (χ2v) is 5.38. The molecule has 0 spiro atoms. The van der Waals surface area contributed by atoms with Gasteiger partial charge in [-0.2, -0.15) is 5.10 Å². The molecule has 7 nitrogen and oxygen atoms in total. The smallest absolute Gasteiger partial charge is 0.276 e. The van der Waals surface area contributed by atoms with Gasteiger partial charge >= 0.3 is 0 Å². The molecule has 0 saturated carbocycles. The first-order valence-corrected chi connectivity index (χ1v) is 7.64. The highest BCUT2D eigenvalue weighted by molar-refractivity contribution is 6.02. The summed E-state index contributed by atoms with van der Waals surface area (Å²) in [5.41, 5.74) is 0.987. The molecular weight excluding hydrogens is 280 g/mol. The molecule has 1 saturated heterocycles. The monoisotopic (exact) mass is 300 g/mol. The highest BCUT2D eigenvalue weighted by atomic mass is 16.2. The minimum atomic E-state index is -0.240. The van der Waals surface area contributed by atoms with E-state index in [-0.39, 0.29) is 5.91 Å². The molecule has 2 aromatic rings. The zero-order valence-corrected chi connectivity index (χ0v) is 12.6. The van der Waals surface area contributed by atoms with Gasteiger partial charge in [0.15, 0.2) is 5.69 Å². The maximum atomic E-state index is 12.2. The van der Waals surface area contributed by atoms with Crippen LogP contribution in [0.3, 0.4) is 0 Å². The number of carbonyl (C=O) groups excluding carboxylic acids is 1. The fraction of sp³-hybridized carbons (Fsp3) is 0.467. The van der Waals surface area contributed by atoms with E-state index in [4.69, 9.17) is 0 Å². The SMILES string of the molecule is CCc1ncc(NC(=O)c2ccn(C3CCCNC3)n2)cn1. The Hall–Kier alpha value is -2.28. The number of hydrogen-bond donors (Lipinski definition) is 2.